The van der Waals surface area contributed by atoms with Crippen LogP contribution in [0.3, 0.4) is 0 Å². The Kier molecular flexibility index (Phi) is 2.54. The molecular formula is C13H19N3O. The highest BCUT2D eigenvalue weighted by Gasteiger charge is 2.41. The van der Waals surface area contributed by atoms with Crippen LogP contribution in [0.15, 0.2) is 6.20 Å². The highest BCUT2D eigenvalue weighted by molar-refractivity contribution is 5.47. The lowest BCUT2D eigenvalue weighted by atomic mass is 10.00. The van der Waals surface area contributed by atoms with Crippen molar-refractivity contribution in [2.75, 3.05) is 4.90 Å². The van der Waals surface area contributed by atoms with Gasteiger partial charge in [0.15, 0.2) is 5.82 Å². The Balaban J connectivity index is 1.97. The number of aliphatic hydroxyl groups is 1. The minimum atomic E-state index is -0.123. The topological polar surface area (TPSA) is 49.2 Å². The summed E-state index contributed by atoms with van der Waals surface area (Å²) in [5, 5.41) is 9.82. The lowest BCUT2D eigenvalue weighted by molar-refractivity contribution is 0.126. The second-order valence-corrected chi connectivity index (χ2v) is 5.34. The number of rotatable bonds is 1. The highest BCUT2D eigenvalue weighted by Crippen LogP contribution is 2.39. The molecule has 0 saturated carbocycles. The van der Waals surface area contributed by atoms with Gasteiger partial charge >= 0.3 is 0 Å². The largest absolute Gasteiger partial charge is 0.393 e. The normalized spacial score (nSPS) is 31.9. The van der Waals surface area contributed by atoms with Crippen molar-refractivity contribution >= 4 is 5.82 Å². The first-order valence-corrected chi connectivity index (χ1v) is 6.42. The molecule has 3 rings (SSSR count). The second kappa shape index (κ2) is 3.95. The fourth-order valence-corrected chi connectivity index (χ4v) is 3.26. The number of aryl methyl sites for hydroxylation is 2. The molecule has 2 aliphatic rings. The van der Waals surface area contributed by atoms with Gasteiger partial charge in [-0.2, -0.15) is 0 Å². The molecule has 92 valence electrons. The molecule has 0 aliphatic carbocycles. The van der Waals surface area contributed by atoms with Gasteiger partial charge in [-0.3, -0.25) is 4.98 Å². The summed E-state index contributed by atoms with van der Waals surface area (Å²) in [4.78, 5) is 11.5. The van der Waals surface area contributed by atoms with E-state index < -0.39 is 0 Å². The van der Waals surface area contributed by atoms with Crippen LogP contribution in [-0.2, 0) is 0 Å². The molecule has 0 radical (unpaired) electrons. The molecule has 2 saturated heterocycles. The quantitative estimate of drug-likeness (QED) is 0.800. The third-order valence-corrected chi connectivity index (χ3v) is 4.00. The van der Waals surface area contributed by atoms with Crippen molar-refractivity contribution in [3.05, 3.63) is 17.6 Å². The standard InChI is InChI=1S/C13H19N3O/c1-8-7-14-9(2)13(15-8)16-10-3-4-11(16)6-12(17)5-10/h7,10-12,17H,3-6H2,1-2H3. The number of nitrogens with zero attached hydrogens (tertiary/aromatic N) is 3. The fraction of sp³-hybridized carbons (Fsp3) is 0.692. The van der Waals surface area contributed by atoms with Crippen molar-refractivity contribution in [3.8, 4) is 0 Å². The number of aromatic nitrogens is 2. The van der Waals surface area contributed by atoms with Gasteiger partial charge in [-0.05, 0) is 39.5 Å². The summed E-state index contributed by atoms with van der Waals surface area (Å²) >= 11 is 0. The summed E-state index contributed by atoms with van der Waals surface area (Å²) in [6.45, 7) is 4.00. The van der Waals surface area contributed by atoms with E-state index in [4.69, 9.17) is 0 Å². The van der Waals surface area contributed by atoms with Gasteiger partial charge in [0, 0.05) is 18.3 Å². The van der Waals surface area contributed by atoms with Gasteiger partial charge in [0.05, 0.1) is 17.5 Å². The Bertz CT molecular complexity index is 421. The van der Waals surface area contributed by atoms with E-state index in [-0.39, 0.29) is 6.10 Å². The van der Waals surface area contributed by atoms with Gasteiger partial charge < -0.3 is 10.0 Å². The van der Waals surface area contributed by atoms with Crippen LogP contribution in [0.1, 0.15) is 37.1 Å². The number of hydrogen-bond donors (Lipinski definition) is 1. The van der Waals surface area contributed by atoms with E-state index in [0.29, 0.717) is 12.1 Å². The fourth-order valence-electron chi connectivity index (χ4n) is 3.26. The first-order chi connectivity index (χ1) is 8.15. The molecule has 3 heterocycles. The van der Waals surface area contributed by atoms with Crippen molar-refractivity contribution in [2.24, 2.45) is 0 Å². The lowest BCUT2D eigenvalue weighted by Gasteiger charge is -2.38. The van der Waals surface area contributed by atoms with Crippen molar-refractivity contribution < 1.29 is 5.11 Å². The molecule has 0 amide bonds. The highest BCUT2D eigenvalue weighted by atomic mass is 16.3. The van der Waals surface area contributed by atoms with Crippen molar-refractivity contribution in [1.29, 1.82) is 0 Å². The molecule has 1 aromatic rings. The van der Waals surface area contributed by atoms with Crippen LogP contribution < -0.4 is 4.90 Å². The molecule has 2 fully saturated rings. The number of fused-ring (bicyclic) bond motifs is 2. The Morgan fingerprint density at radius 3 is 2.53 bits per heavy atom. The summed E-state index contributed by atoms with van der Waals surface area (Å²) in [6.07, 6.45) is 5.81. The molecule has 4 nitrogen and oxygen atoms in total. The third-order valence-electron chi connectivity index (χ3n) is 4.00. The summed E-state index contributed by atoms with van der Waals surface area (Å²) in [6, 6.07) is 0.914. The Morgan fingerprint density at radius 1 is 1.24 bits per heavy atom. The maximum absolute atomic E-state index is 9.82. The average Bonchev–Trinajstić information content (AvgIpc) is 2.54. The van der Waals surface area contributed by atoms with Crippen molar-refractivity contribution in [3.63, 3.8) is 0 Å². The maximum Gasteiger partial charge on any atom is 0.150 e. The molecule has 2 atom stereocenters. The first kappa shape index (κ1) is 11.0. The minimum absolute atomic E-state index is 0.123. The van der Waals surface area contributed by atoms with Crippen molar-refractivity contribution in [2.45, 2.75) is 57.7 Å². The smallest absolute Gasteiger partial charge is 0.150 e. The van der Waals surface area contributed by atoms with E-state index in [9.17, 15) is 5.11 Å². The van der Waals surface area contributed by atoms with Gasteiger partial charge in [-0.1, -0.05) is 0 Å². The van der Waals surface area contributed by atoms with Gasteiger partial charge in [0.1, 0.15) is 0 Å². The third kappa shape index (κ3) is 1.80. The van der Waals surface area contributed by atoms with Crippen LogP contribution >= 0.6 is 0 Å². The van der Waals surface area contributed by atoms with E-state index in [1.54, 1.807) is 0 Å². The number of aliphatic hydroxyl groups excluding tert-OH is 1. The molecule has 2 aliphatic heterocycles. The van der Waals surface area contributed by atoms with Gasteiger partial charge in [-0.15, -0.1) is 0 Å². The zero-order valence-corrected chi connectivity index (χ0v) is 10.4. The predicted molar refractivity (Wildman–Crippen MR) is 66.0 cm³/mol. The molecule has 17 heavy (non-hydrogen) atoms. The van der Waals surface area contributed by atoms with Crippen LogP contribution in [0, 0.1) is 13.8 Å². The summed E-state index contributed by atoms with van der Waals surface area (Å²) in [7, 11) is 0. The Labute approximate surface area is 102 Å². The van der Waals surface area contributed by atoms with E-state index in [1.165, 1.54) is 12.8 Å². The van der Waals surface area contributed by atoms with Crippen LogP contribution in [0.4, 0.5) is 5.82 Å². The van der Waals surface area contributed by atoms with Gasteiger partial charge in [0.2, 0.25) is 0 Å². The first-order valence-electron chi connectivity index (χ1n) is 6.42. The minimum Gasteiger partial charge on any atom is -0.393 e. The molecule has 2 unspecified atom stereocenters. The number of anilines is 1. The zero-order valence-electron chi connectivity index (χ0n) is 10.4. The second-order valence-electron chi connectivity index (χ2n) is 5.34. The molecule has 1 N–H and O–H groups in total. The Hall–Kier alpha value is -1.16. The van der Waals surface area contributed by atoms with Crippen molar-refractivity contribution in [1.82, 2.24) is 9.97 Å². The monoisotopic (exact) mass is 233 g/mol. The van der Waals surface area contributed by atoms with E-state index in [1.807, 2.05) is 20.0 Å². The molecule has 1 aromatic heterocycles. The van der Waals surface area contributed by atoms with Crippen LogP contribution in [0.2, 0.25) is 0 Å². The molecule has 0 aromatic carbocycles. The summed E-state index contributed by atoms with van der Waals surface area (Å²) in [5.41, 5.74) is 1.97. The molecule has 0 spiro atoms. The van der Waals surface area contributed by atoms with Crippen LogP contribution in [-0.4, -0.2) is 33.3 Å². The Morgan fingerprint density at radius 2 is 1.88 bits per heavy atom. The van der Waals surface area contributed by atoms with Crippen LogP contribution in [0.25, 0.3) is 0 Å². The maximum atomic E-state index is 9.82. The summed E-state index contributed by atoms with van der Waals surface area (Å²) in [5.74, 6) is 1.03. The SMILES string of the molecule is Cc1cnc(C)c(N2C3CCC2CC(O)C3)n1. The van der Waals surface area contributed by atoms with E-state index in [0.717, 1.165) is 30.0 Å². The van der Waals surface area contributed by atoms with Gasteiger partial charge in [-0.25, -0.2) is 4.98 Å². The predicted octanol–water partition coefficient (Wildman–Crippen LogP) is 1.59. The lowest BCUT2D eigenvalue weighted by Crippen LogP contribution is -2.45. The molecule has 4 heteroatoms. The van der Waals surface area contributed by atoms with E-state index >= 15 is 0 Å². The number of piperidine rings is 1. The molecule has 2 bridgehead atoms. The van der Waals surface area contributed by atoms with Gasteiger partial charge in [0.25, 0.3) is 0 Å². The molecular weight excluding hydrogens is 214 g/mol. The number of hydrogen-bond acceptors (Lipinski definition) is 4. The zero-order chi connectivity index (χ0) is 12.0. The van der Waals surface area contributed by atoms with Crippen LogP contribution in [0.5, 0.6) is 0 Å². The average molecular weight is 233 g/mol. The summed E-state index contributed by atoms with van der Waals surface area (Å²) < 4.78 is 0. The van der Waals surface area contributed by atoms with E-state index in [2.05, 4.69) is 14.9 Å².